The molecule has 0 bridgehead atoms. The predicted molar refractivity (Wildman–Crippen MR) is 76.8 cm³/mol. The van der Waals surface area contributed by atoms with Gasteiger partial charge in [-0.15, -0.1) is 0 Å². The first-order chi connectivity index (χ1) is 9.24. The van der Waals surface area contributed by atoms with E-state index in [9.17, 15) is 4.21 Å². The maximum Gasteiger partial charge on any atom is 0.165 e. The van der Waals surface area contributed by atoms with Crippen molar-refractivity contribution < 1.29 is 4.21 Å². The first-order valence-corrected chi connectivity index (χ1v) is 7.95. The lowest BCUT2D eigenvalue weighted by atomic mass is 10.2. The zero-order valence-corrected chi connectivity index (χ0v) is 11.9. The zero-order valence-electron chi connectivity index (χ0n) is 10.3. The van der Waals surface area contributed by atoms with Crippen LogP contribution in [0.4, 0.5) is 0 Å². The summed E-state index contributed by atoms with van der Waals surface area (Å²) < 4.78 is 12.4. The SMILES string of the molecule is O=[S@](C[C@@H]1CCNC1)c1nc2ccccc2nc1Cl. The molecular weight excluding hydrogens is 282 g/mol. The smallest absolute Gasteiger partial charge is 0.165 e. The fourth-order valence-corrected chi connectivity index (χ4v) is 3.95. The van der Waals surface area contributed by atoms with Gasteiger partial charge in [-0.1, -0.05) is 23.7 Å². The van der Waals surface area contributed by atoms with Gasteiger partial charge in [0.15, 0.2) is 10.2 Å². The highest BCUT2D eigenvalue weighted by Gasteiger charge is 2.21. The summed E-state index contributed by atoms with van der Waals surface area (Å²) >= 11 is 6.10. The van der Waals surface area contributed by atoms with Crippen LogP contribution in [0.15, 0.2) is 29.3 Å². The second-order valence-corrected chi connectivity index (χ2v) is 6.45. The van der Waals surface area contributed by atoms with Crippen LogP contribution in [0.1, 0.15) is 6.42 Å². The van der Waals surface area contributed by atoms with Gasteiger partial charge in [-0.2, -0.15) is 0 Å². The van der Waals surface area contributed by atoms with Crippen LogP contribution < -0.4 is 5.32 Å². The summed E-state index contributed by atoms with van der Waals surface area (Å²) in [5.74, 6) is 1.03. The van der Waals surface area contributed by atoms with Crippen LogP contribution in [0, 0.1) is 5.92 Å². The summed E-state index contributed by atoms with van der Waals surface area (Å²) in [5, 5.41) is 3.93. The standard InChI is InChI=1S/C13H14ClN3OS/c14-12-13(19(18)8-9-5-6-15-7-9)17-11-4-2-1-3-10(11)16-12/h1-4,9,15H,5-8H2/t9-,19-/m1/s1. The molecule has 1 aromatic carbocycles. The molecule has 4 nitrogen and oxygen atoms in total. The Balaban J connectivity index is 1.90. The number of nitrogens with one attached hydrogen (secondary N) is 1. The molecule has 0 amide bonds. The highest BCUT2D eigenvalue weighted by molar-refractivity contribution is 7.85. The van der Waals surface area contributed by atoms with E-state index in [1.165, 1.54) is 0 Å². The molecule has 0 spiro atoms. The summed E-state index contributed by atoms with van der Waals surface area (Å²) in [7, 11) is -1.19. The van der Waals surface area contributed by atoms with Gasteiger partial charge in [-0.3, -0.25) is 4.21 Å². The van der Waals surface area contributed by atoms with E-state index in [4.69, 9.17) is 11.6 Å². The van der Waals surface area contributed by atoms with Crippen LogP contribution in [0.2, 0.25) is 5.15 Å². The average molecular weight is 296 g/mol. The van der Waals surface area contributed by atoms with Crippen LogP contribution >= 0.6 is 11.6 Å². The fraction of sp³-hybridized carbons (Fsp3) is 0.385. The first-order valence-electron chi connectivity index (χ1n) is 6.25. The van der Waals surface area contributed by atoms with Gasteiger partial charge in [0.25, 0.3) is 0 Å². The Labute approximate surface area is 119 Å². The predicted octanol–water partition coefficient (Wildman–Crippen LogP) is 2.00. The van der Waals surface area contributed by atoms with E-state index >= 15 is 0 Å². The summed E-state index contributed by atoms with van der Waals surface area (Å²) in [6, 6.07) is 7.48. The molecule has 0 aliphatic carbocycles. The van der Waals surface area contributed by atoms with Crippen molar-refractivity contribution in [3.63, 3.8) is 0 Å². The van der Waals surface area contributed by atoms with E-state index in [0.29, 0.717) is 16.7 Å². The molecule has 19 heavy (non-hydrogen) atoms. The van der Waals surface area contributed by atoms with E-state index in [1.54, 1.807) is 0 Å². The van der Waals surface area contributed by atoms with Crippen molar-refractivity contribution in [1.82, 2.24) is 15.3 Å². The minimum absolute atomic E-state index is 0.253. The number of hydrogen-bond donors (Lipinski definition) is 1. The summed E-state index contributed by atoms with van der Waals surface area (Å²) in [5.41, 5.74) is 1.47. The second kappa shape index (κ2) is 5.53. The van der Waals surface area contributed by atoms with Gasteiger partial charge in [0, 0.05) is 5.75 Å². The van der Waals surface area contributed by atoms with Crippen LogP contribution in [0.5, 0.6) is 0 Å². The van der Waals surface area contributed by atoms with E-state index in [0.717, 1.165) is 30.5 Å². The number of para-hydroxylation sites is 2. The lowest BCUT2D eigenvalue weighted by Crippen LogP contribution is -2.16. The number of aromatic nitrogens is 2. The average Bonchev–Trinajstić information content (AvgIpc) is 2.90. The second-order valence-electron chi connectivity index (χ2n) is 4.68. The quantitative estimate of drug-likeness (QED) is 0.941. The molecule has 100 valence electrons. The number of rotatable bonds is 3. The van der Waals surface area contributed by atoms with Crippen LogP contribution in [-0.4, -0.2) is 33.0 Å². The largest absolute Gasteiger partial charge is 0.316 e. The topological polar surface area (TPSA) is 54.9 Å². The molecule has 0 saturated carbocycles. The van der Waals surface area contributed by atoms with Crippen LogP contribution in [0.3, 0.4) is 0 Å². The van der Waals surface area contributed by atoms with Gasteiger partial charge >= 0.3 is 0 Å². The van der Waals surface area contributed by atoms with Gasteiger partial charge in [-0.05, 0) is 37.6 Å². The lowest BCUT2D eigenvalue weighted by Gasteiger charge is -2.09. The minimum atomic E-state index is -1.19. The van der Waals surface area contributed by atoms with Gasteiger partial charge in [-0.25, -0.2) is 9.97 Å². The molecule has 1 aliphatic heterocycles. The van der Waals surface area contributed by atoms with Crippen molar-refractivity contribution >= 4 is 33.4 Å². The summed E-state index contributed by atoms with van der Waals surface area (Å²) in [6.45, 7) is 1.92. The van der Waals surface area contributed by atoms with Gasteiger partial charge in [0.1, 0.15) is 0 Å². The van der Waals surface area contributed by atoms with E-state index in [1.807, 2.05) is 24.3 Å². The van der Waals surface area contributed by atoms with Crippen LogP contribution in [0.25, 0.3) is 11.0 Å². The van der Waals surface area contributed by atoms with Crippen molar-refractivity contribution in [2.75, 3.05) is 18.8 Å². The Morgan fingerprint density at radius 3 is 2.74 bits per heavy atom. The highest BCUT2D eigenvalue weighted by Crippen LogP contribution is 2.22. The number of hydrogen-bond acceptors (Lipinski definition) is 4. The Bertz CT molecular complexity index is 628. The number of fused-ring (bicyclic) bond motifs is 1. The molecule has 0 unspecified atom stereocenters. The normalized spacial score (nSPS) is 20.8. The molecule has 0 radical (unpaired) electrons. The third-order valence-corrected chi connectivity index (χ3v) is 5.13. The Morgan fingerprint density at radius 2 is 2.05 bits per heavy atom. The monoisotopic (exact) mass is 295 g/mol. The molecule has 1 N–H and O–H groups in total. The Hall–Kier alpha value is -1.04. The maximum atomic E-state index is 12.4. The zero-order chi connectivity index (χ0) is 13.2. The van der Waals surface area contributed by atoms with Gasteiger partial charge in [0.05, 0.1) is 21.8 Å². The molecule has 1 aromatic heterocycles. The summed E-state index contributed by atoms with van der Waals surface area (Å²) in [6.07, 6.45) is 1.06. The van der Waals surface area contributed by atoms with E-state index in [-0.39, 0.29) is 5.15 Å². The van der Waals surface area contributed by atoms with Crippen molar-refractivity contribution in [1.29, 1.82) is 0 Å². The molecule has 2 heterocycles. The summed E-state index contributed by atoms with van der Waals surface area (Å²) in [4.78, 5) is 8.67. The van der Waals surface area contributed by atoms with Gasteiger partial charge < -0.3 is 5.32 Å². The third kappa shape index (κ3) is 2.78. The molecule has 6 heteroatoms. The van der Waals surface area contributed by atoms with Gasteiger partial charge in [0.2, 0.25) is 0 Å². The molecule has 1 aliphatic rings. The van der Waals surface area contributed by atoms with Crippen LogP contribution in [-0.2, 0) is 10.8 Å². The number of nitrogens with zero attached hydrogens (tertiary/aromatic N) is 2. The lowest BCUT2D eigenvalue weighted by molar-refractivity contribution is 0.631. The Kier molecular flexibility index (Phi) is 3.77. The number of benzene rings is 1. The number of halogens is 1. The van der Waals surface area contributed by atoms with E-state index < -0.39 is 10.8 Å². The molecule has 2 atom stereocenters. The maximum absolute atomic E-state index is 12.4. The van der Waals surface area contributed by atoms with Crippen molar-refractivity contribution in [3.05, 3.63) is 29.4 Å². The molecule has 1 fully saturated rings. The van der Waals surface area contributed by atoms with Crippen molar-refractivity contribution in [2.24, 2.45) is 5.92 Å². The molecule has 3 rings (SSSR count). The third-order valence-electron chi connectivity index (χ3n) is 3.26. The minimum Gasteiger partial charge on any atom is -0.316 e. The highest BCUT2D eigenvalue weighted by atomic mass is 35.5. The first kappa shape index (κ1) is 13.0. The Morgan fingerprint density at radius 1 is 1.32 bits per heavy atom. The van der Waals surface area contributed by atoms with E-state index in [2.05, 4.69) is 15.3 Å². The molecule has 1 saturated heterocycles. The van der Waals surface area contributed by atoms with Crippen molar-refractivity contribution in [2.45, 2.75) is 11.4 Å². The van der Waals surface area contributed by atoms with Crippen molar-refractivity contribution in [3.8, 4) is 0 Å². The molecule has 2 aromatic rings. The fourth-order valence-electron chi connectivity index (χ4n) is 2.26. The molecular formula is C13H14ClN3OS.